The number of hydrogen-bond acceptors (Lipinski definition) is 2. The van der Waals surface area contributed by atoms with Crippen molar-refractivity contribution in [3.05, 3.63) is 0 Å². The van der Waals surface area contributed by atoms with E-state index in [1.54, 1.807) is 0 Å². The zero-order valence-electron chi connectivity index (χ0n) is 11.4. The number of nitrogens with zero attached hydrogens (tertiary/aromatic N) is 1. The lowest BCUT2D eigenvalue weighted by Gasteiger charge is -2.30. The predicted molar refractivity (Wildman–Crippen MR) is 72.0 cm³/mol. The molecule has 1 saturated carbocycles. The van der Waals surface area contributed by atoms with Gasteiger partial charge in [-0.05, 0) is 57.0 Å². The zero-order chi connectivity index (χ0) is 12.1. The maximum Gasteiger partial charge on any atom is 0.0695 e. The van der Waals surface area contributed by atoms with Gasteiger partial charge in [0.2, 0.25) is 0 Å². The van der Waals surface area contributed by atoms with E-state index in [4.69, 9.17) is 0 Å². The van der Waals surface area contributed by atoms with E-state index in [2.05, 4.69) is 11.8 Å². The molecular formula is C15H29NO. The van der Waals surface area contributed by atoms with Crippen molar-refractivity contribution in [2.24, 2.45) is 11.8 Å². The van der Waals surface area contributed by atoms with Crippen LogP contribution < -0.4 is 0 Å². The summed E-state index contributed by atoms with van der Waals surface area (Å²) >= 11 is 0. The van der Waals surface area contributed by atoms with Crippen molar-refractivity contribution >= 4 is 0 Å². The van der Waals surface area contributed by atoms with Gasteiger partial charge in [0.15, 0.2) is 0 Å². The van der Waals surface area contributed by atoms with Crippen LogP contribution in [-0.4, -0.2) is 35.7 Å². The fourth-order valence-electron chi connectivity index (χ4n) is 3.44. The number of hydrogen-bond donors (Lipinski definition) is 1. The third kappa shape index (κ3) is 4.26. The molecule has 0 spiro atoms. The van der Waals surface area contributed by atoms with E-state index in [9.17, 15) is 5.11 Å². The van der Waals surface area contributed by atoms with Gasteiger partial charge in [-0.1, -0.05) is 26.2 Å². The van der Waals surface area contributed by atoms with Gasteiger partial charge in [0.05, 0.1) is 6.10 Å². The molecule has 17 heavy (non-hydrogen) atoms. The predicted octanol–water partition coefficient (Wildman–Crippen LogP) is 3.05. The Morgan fingerprint density at radius 2 is 1.76 bits per heavy atom. The van der Waals surface area contributed by atoms with Gasteiger partial charge in [0.25, 0.3) is 0 Å². The molecule has 1 aliphatic heterocycles. The van der Waals surface area contributed by atoms with Crippen molar-refractivity contribution in [2.75, 3.05) is 19.6 Å². The van der Waals surface area contributed by atoms with E-state index >= 15 is 0 Å². The SMILES string of the molecule is CC1CCCN(CC(O)C2CCCCC2)CC1. The second-order valence-electron chi connectivity index (χ2n) is 6.30. The van der Waals surface area contributed by atoms with Crippen molar-refractivity contribution in [1.29, 1.82) is 0 Å². The maximum atomic E-state index is 10.3. The Bertz CT molecular complexity index is 213. The molecule has 2 heteroatoms. The van der Waals surface area contributed by atoms with E-state index in [1.165, 1.54) is 64.5 Å². The average Bonchev–Trinajstić information content (AvgIpc) is 2.56. The standard InChI is InChI=1S/C15H29NO/c1-13-6-5-10-16(11-9-13)12-15(17)14-7-3-2-4-8-14/h13-15,17H,2-12H2,1H3. The summed E-state index contributed by atoms with van der Waals surface area (Å²) in [7, 11) is 0. The molecule has 0 amide bonds. The summed E-state index contributed by atoms with van der Waals surface area (Å²) in [6, 6.07) is 0. The highest BCUT2D eigenvalue weighted by Gasteiger charge is 2.24. The van der Waals surface area contributed by atoms with Crippen LogP contribution in [0.4, 0.5) is 0 Å². The van der Waals surface area contributed by atoms with E-state index in [1.807, 2.05) is 0 Å². The van der Waals surface area contributed by atoms with E-state index in [0.29, 0.717) is 5.92 Å². The smallest absolute Gasteiger partial charge is 0.0695 e. The highest BCUT2D eigenvalue weighted by Crippen LogP contribution is 2.27. The van der Waals surface area contributed by atoms with Gasteiger partial charge >= 0.3 is 0 Å². The zero-order valence-corrected chi connectivity index (χ0v) is 11.4. The van der Waals surface area contributed by atoms with Crippen LogP contribution in [0.25, 0.3) is 0 Å². The Morgan fingerprint density at radius 3 is 2.53 bits per heavy atom. The summed E-state index contributed by atoms with van der Waals surface area (Å²) in [6.45, 7) is 5.69. The van der Waals surface area contributed by atoms with Crippen LogP contribution in [0.3, 0.4) is 0 Å². The molecule has 2 rings (SSSR count). The van der Waals surface area contributed by atoms with Gasteiger partial charge in [-0.2, -0.15) is 0 Å². The van der Waals surface area contributed by atoms with Crippen LogP contribution in [0.2, 0.25) is 0 Å². The largest absolute Gasteiger partial charge is 0.392 e. The van der Waals surface area contributed by atoms with Crippen molar-refractivity contribution in [3.63, 3.8) is 0 Å². The fraction of sp³-hybridized carbons (Fsp3) is 1.00. The fourth-order valence-corrected chi connectivity index (χ4v) is 3.44. The topological polar surface area (TPSA) is 23.5 Å². The maximum absolute atomic E-state index is 10.3. The van der Waals surface area contributed by atoms with Crippen molar-refractivity contribution in [1.82, 2.24) is 4.90 Å². The lowest BCUT2D eigenvalue weighted by Crippen LogP contribution is -2.37. The van der Waals surface area contributed by atoms with Gasteiger partial charge in [0.1, 0.15) is 0 Å². The summed E-state index contributed by atoms with van der Waals surface area (Å²) in [6.07, 6.45) is 10.5. The van der Waals surface area contributed by atoms with Crippen LogP contribution in [0, 0.1) is 11.8 Å². The third-order valence-corrected chi connectivity index (χ3v) is 4.75. The lowest BCUT2D eigenvalue weighted by molar-refractivity contribution is 0.0483. The number of aliphatic hydroxyl groups excluding tert-OH is 1. The number of likely N-dealkylation sites (tertiary alicyclic amines) is 1. The molecule has 2 fully saturated rings. The second kappa shape index (κ2) is 6.75. The van der Waals surface area contributed by atoms with Gasteiger partial charge in [-0.25, -0.2) is 0 Å². The molecule has 2 unspecified atom stereocenters. The number of β-amino-alcohol motifs (C(OH)–C–C–N with tert-alkyl or cyclic N) is 1. The molecule has 1 aliphatic carbocycles. The van der Waals surface area contributed by atoms with E-state index in [-0.39, 0.29) is 6.10 Å². The Balaban J connectivity index is 1.74. The summed E-state index contributed by atoms with van der Waals surface area (Å²) in [5.41, 5.74) is 0. The van der Waals surface area contributed by atoms with Crippen LogP contribution in [0.5, 0.6) is 0 Å². The van der Waals surface area contributed by atoms with E-state index in [0.717, 1.165) is 12.5 Å². The molecule has 1 heterocycles. The van der Waals surface area contributed by atoms with Crippen molar-refractivity contribution < 1.29 is 5.11 Å². The summed E-state index contributed by atoms with van der Waals surface area (Å²) in [4.78, 5) is 2.50. The molecule has 0 bridgehead atoms. The Morgan fingerprint density at radius 1 is 1.00 bits per heavy atom. The third-order valence-electron chi connectivity index (χ3n) is 4.75. The molecule has 1 saturated heterocycles. The molecule has 1 N–H and O–H groups in total. The van der Waals surface area contributed by atoms with Gasteiger partial charge in [-0.3, -0.25) is 0 Å². The quantitative estimate of drug-likeness (QED) is 0.818. The van der Waals surface area contributed by atoms with Crippen LogP contribution in [-0.2, 0) is 0 Å². The van der Waals surface area contributed by atoms with Gasteiger partial charge < -0.3 is 10.0 Å². The minimum Gasteiger partial charge on any atom is -0.392 e. The lowest BCUT2D eigenvalue weighted by atomic mass is 9.85. The van der Waals surface area contributed by atoms with Gasteiger partial charge in [0, 0.05) is 6.54 Å². The molecule has 2 nitrogen and oxygen atoms in total. The minimum atomic E-state index is -0.0660. The van der Waals surface area contributed by atoms with Crippen LogP contribution >= 0.6 is 0 Å². The normalized spacial score (nSPS) is 31.1. The van der Waals surface area contributed by atoms with Crippen LogP contribution in [0.15, 0.2) is 0 Å². The number of rotatable bonds is 3. The first-order valence-corrected chi connectivity index (χ1v) is 7.66. The first-order chi connectivity index (χ1) is 8.25. The van der Waals surface area contributed by atoms with E-state index < -0.39 is 0 Å². The minimum absolute atomic E-state index is 0.0660. The summed E-state index contributed by atoms with van der Waals surface area (Å²) in [5, 5.41) is 10.3. The van der Waals surface area contributed by atoms with Gasteiger partial charge in [-0.15, -0.1) is 0 Å². The highest BCUT2D eigenvalue weighted by atomic mass is 16.3. The average molecular weight is 239 g/mol. The summed E-state index contributed by atoms with van der Waals surface area (Å²) < 4.78 is 0. The Labute approximate surface area is 106 Å². The second-order valence-corrected chi connectivity index (χ2v) is 6.30. The molecular weight excluding hydrogens is 210 g/mol. The Kier molecular flexibility index (Phi) is 5.30. The van der Waals surface area contributed by atoms with Crippen molar-refractivity contribution in [2.45, 2.75) is 64.4 Å². The van der Waals surface area contributed by atoms with Crippen LogP contribution in [0.1, 0.15) is 58.3 Å². The molecule has 2 atom stereocenters. The summed E-state index contributed by atoms with van der Waals surface area (Å²) in [5.74, 6) is 1.47. The molecule has 100 valence electrons. The monoisotopic (exact) mass is 239 g/mol. The van der Waals surface area contributed by atoms with Crippen molar-refractivity contribution in [3.8, 4) is 0 Å². The highest BCUT2D eigenvalue weighted by molar-refractivity contribution is 4.77. The molecule has 0 aromatic rings. The first kappa shape index (κ1) is 13.4. The number of aliphatic hydroxyl groups is 1. The molecule has 0 aromatic carbocycles. The molecule has 2 aliphatic rings. The molecule has 0 radical (unpaired) electrons. The first-order valence-electron chi connectivity index (χ1n) is 7.66. The Hall–Kier alpha value is -0.0800. The molecule has 0 aromatic heterocycles.